The second kappa shape index (κ2) is 4.55. The van der Waals surface area contributed by atoms with Crippen LogP contribution in [0.4, 0.5) is 0 Å². The zero-order valence-corrected chi connectivity index (χ0v) is 9.27. The average Bonchev–Trinajstić information content (AvgIpc) is 2.68. The first kappa shape index (κ1) is 10.3. The smallest absolute Gasteiger partial charge is 0.119 e. The fraction of sp³-hybridized carbons (Fsp3) is 0.273. The summed E-state index contributed by atoms with van der Waals surface area (Å²) in [5.74, 6) is 0.877. The van der Waals surface area contributed by atoms with Crippen LogP contribution in [0.5, 0.6) is 5.75 Å². The van der Waals surface area contributed by atoms with Gasteiger partial charge in [0.1, 0.15) is 5.75 Å². The van der Waals surface area contributed by atoms with E-state index in [2.05, 4.69) is 9.82 Å². The summed E-state index contributed by atoms with van der Waals surface area (Å²) in [5, 5.41) is 1.20. The first-order valence-corrected chi connectivity index (χ1v) is 5.20. The summed E-state index contributed by atoms with van der Waals surface area (Å²) in [4.78, 5) is 5.85. The summed E-state index contributed by atoms with van der Waals surface area (Å²) in [6.45, 7) is 0.756. The molecule has 0 saturated carbocycles. The van der Waals surface area contributed by atoms with Crippen molar-refractivity contribution in [1.29, 1.82) is 0 Å². The van der Waals surface area contributed by atoms with Crippen LogP contribution in [0.3, 0.4) is 0 Å². The van der Waals surface area contributed by atoms with Gasteiger partial charge < -0.3 is 9.72 Å². The highest BCUT2D eigenvalue weighted by Gasteiger charge is 2.04. The third-order valence-corrected chi connectivity index (χ3v) is 2.65. The van der Waals surface area contributed by atoms with Gasteiger partial charge in [-0.25, -0.2) is 4.84 Å². The van der Waals surface area contributed by atoms with E-state index in [1.165, 1.54) is 10.9 Å². The average molecular weight is 225 g/mol. The van der Waals surface area contributed by atoms with Crippen LogP contribution in [-0.2, 0) is 6.42 Å². The molecule has 2 rings (SSSR count). The van der Waals surface area contributed by atoms with Gasteiger partial charge in [-0.3, -0.25) is 0 Å². The van der Waals surface area contributed by atoms with E-state index >= 15 is 0 Å². The normalized spacial score (nSPS) is 10.8. The summed E-state index contributed by atoms with van der Waals surface area (Å²) in [6.07, 6.45) is 2.91. The molecule has 0 unspecified atom stereocenters. The van der Waals surface area contributed by atoms with Gasteiger partial charge in [-0.2, -0.15) is 0 Å². The molecule has 2 N–H and O–H groups in total. The van der Waals surface area contributed by atoms with Crippen LogP contribution in [0.2, 0.25) is 0 Å². The first-order valence-electron chi connectivity index (χ1n) is 4.82. The fourth-order valence-corrected chi connectivity index (χ4v) is 1.77. The zero-order valence-electron chi connectivity index (χ0n) is 8.51. The number of fused-ring (bicyclic) bond motifs is 1. The molecule has 15 heavy (non-hydrogen) atoms. The Labute approximate surface area is 93.5 Å². The quantitative estimate of drug-likeness (QED) is 0.783. The van der Waals surface area contributed by atoms with Gasteiger partial charge in [0.2, 0.25) is 0 Å². The molecule has 0 radical (unpaired) electrons. The molecule has 1 aromatic carbocycles. The number of methoxy groups -OCH3 is 1. The van der Waals surface area contributed by atoms with Crippen LogP contribution in [0.1, 0.15) is 5.56 Å². The number of halogens is 1. The van der Waals surface area contributed by atoms with Gasteiger partial charge in [-0.05, 0) is 42.0 Å². The lowest BCUT2D eigenvalue weighted by Gasteiger charge is -2.01. The van der Waals surface area contributed by atoms with Crippen molar-refractivity contribution in [2.75, 3.05) is 13.7 Å². The topological polar surface area (TPSA) is 37.0 Å². The van der Waals surface area contributed by atoms with E-state index in [1.54, 1.807) is 7.11 Å². The summed E-state index contributed by atoms with van der Waals surface area (Å²) < 4.78 is 5.20. The van der Waals surface area contributed by atoms with Crippen LogP contribution in [0.25, 0.3) is 10.9 Å². The minimum atomic E-state index is 0.756. The Kier molecular flexibility index (Phi) is 3.14. The number of aromatic amines is 1. The molecule has 0 fully saturated rings. The molecule has 1 heterocycles. The van der Waals surface area contributed by atoms with Crippen molar-refractivity contribution in [3.8, 4) is 5.75 Å². The summed E-state index contributed by atoms with van der Waals surface area (Å²) in [6, 6.07) is 6.00. The maximum atomic E-state index is 5.44. The fourth-order valence-electron chi connectivity index (χ4n) is 1.67. The molecule has 80 valence electrons. The Bertz CT molecular complexity index is 453. The van der Waals surface area contributed by atoms with E-state index in [-0.39, 0.29) is 0 Å². The second-order valence-corrected chi connectivity index (χ2v) is 3.63. The highest BCUT2D eigenvalue weighted by Crippen LogP contribution is 2.23. The van der Waals surface area contributed by atoms with Crippen LogP contribution >= 0.6 is 11.8 Å². The molecule has 0 aliphatic carbocycles. The van der Waals surface area contributed by atoms with Gasteiger partial charge in [0, 0.05) is 23.6 Å². The van der Waals surface area contributed by atoms with Gasteiger partial charge in [0.15, 0.2) is 0 Å². The van der Waals surface area contributed by atoms with Gasteiger partial charge in [0.25, 0.3) is 0 Å². The highest BCUT2D eigenvalue weighted by molar-refractivity contribution is 6.13. The van der Waals surface area contributed by atoms with Gasteiger partial charge in [-0.1, -0.05) is 0 Å². The number of benzene rings is 1. The Morgan fingerprint density at radius 3 is 3.07 bits per heavy atom. The Balaban J connectivity index is 2.38. The van der Waals surface area contributed by atoms with Crippen LogP contribution < -0.4 is 9.57 Å². The SMILES string of the molecule is COc1ccc2[nH]cc(CCNCl)c2c1. The van der Waals surface area contributed by atoms with Crippen molar-refractivity contribution in [2.45, 2.75) is 6.42 Å². The Morgan fingerprint density at radius 1 is 1.47 bits per heavy atom. The van der Waals surface area contributed by atoms with Crippen molar-refractivity contribution in [3.63, 3.8) is 0 Å². The Hall–Kier alpha value is -1.19. The van der Waals surface area contributed by atoms with Gasteiger partial charge in [0.05, 0.1) is 7.11 Å². The van der Waals surface area contributed by atoms with E-state index in [0.717, 1.165) is 24.2 Å². The number of aromatic nitrogens is 1. The summed E-state index contributed by atoms with van der Waals surface area (Å²) >= 11 is 5.44. The van der Waals surface area contributed by atoms with Crippen LogP contribution in [0, 0.1) is 0 Å². The number of hydrogen-bond acceptors (Lipinski definition) is 2. The molecule has 0 spiro atoms. The lowest BCUT2D eigenvalue weighted by atomic mass is 10.1. The van der Waals surface area contributed by atoms with E-state index in [1.807, 2.05) is 24.4 Å². The number of ether oxygens (including phenoxy) is 1. The van der Waals surface area contributed by atoms with Gasteiger partial charge in [-0.15, -0.1) is 0 Å². The number of nitrogens with one attached hydrogen (secondary N) is 2. The van der Waals surface area contributed by atoms with Crippen molar-refractivity contribution in [3.05, 3.63) is 30.0 Å². The maximum absolute atomic E-state index is 5.44. The maximum Gasteiger partial charge on any atom is 0.119 e. The van der Waals surface area contributed by atoms with Gasteiger partial charge >= 0.3 is 0 Å². The minimum absolute atomic E-state index is 0.756. The summed E-state index contributed by atoms with van der Waals surface area (Å²) in [5.41, 5.74) is 2.37. The van der Waals surface area contributed by atoms with Crippen molar-refractivity contribution < 1.29 is 4.74 Å². The molecular weight excluding hydrogens is 212 g/mol. The van der Waals surface area contributed by atoms with Crippen molar-refractivity contribution >= 4 is 22.7 Å². The first-order chi connectivity index (χ1) is 7.35. The van der Waals surface area contributed by atoms with E-state index < -0.39 is 0 Å². The lowest BCUT2D eigenvalue weighted by Crippen LogP contribution is -2.03. The molecule has 0 aliphatic heterocycles. The molecule has 0 aliphatic rings. The molecule has 4 heteroatoms. The second-order valence-electron chi connectivity index (χ2n) is 3.36. The monoisotopic (exact) mass is 224 g/mol. The summed E-state index contributed by atoms with van der Waals surface area (Å²) in [7, 11) is 1.67. The molecule has 0 atom stereocenters. The molecule has 0 amide bonds. The van der Waals surface area contributed by atoms with Crippen LogP contribution in [-0.4, -0.2) is 18.6 Å². The molecule has 1 aromatic heterocycles. The lowest BCUT2D eigenvalue weighted by molar-refractivity contribution is 0.415. The van der Waals surface area contributed by atoms with Crippen LogP contribution in [0.15, 0.2) is 24.4 Å². The molecular formula is C11H13ClN2O. The minimum Gasteiger partial charge on any atom is -0.497 e. The Morgan fingerprint density at radius 2 is 2.33 bits per heavy atom. The molecule has 2 aromatic rings. The number of hydrogen-bond donors (Lipinski definition) is 2. The predicted octanol–water partition coefficient (Wildman–Crippen LogP) is 2.46. The van der Waals surface area contributed by atoms with E-state index in [9.17, 15) is 0 Å². The highest BCUT2D eigenvalue weighted by atomic mass is 35.5. The predicted molar refractivity (Wildman–Crippen MR) is 62.4 cm³/mol. The third-order valence-electron chi connectivity index (χ3n) is 2.46. The third kappa shape index (κ3) is 2.08. The zero-order chi connectivity index (χ0) is 10.7. The largest absolute Gasteiger partial charge is 0.497 e. The standard InChI is InChI=1S/C11H13ClN2O/c1-15-9-2-3-11-10(6-9)8(7-13-11)4-5-14-12/h2-3,6-7,13-14H,4-5H2,1H3. The number of H-pyrrole nitrogens is 1. The van der Waals surface area contributed by atoms with E-state index in [4.69, 9.17) is 16.5 Å². The van der Waals surface area contributed by atoms with E-state index in [0.29, 0.717) is 0 Å². The molecule has 3 nitrogen and oxygen atoms in total. The molecule has 0 saturated heterocycles. The van der Waals surface area contributed by atoms with Crippen molar-refractivity contribution in [2.24, 2.45) is 0 Å². The van der Waals surface area contributed by atoms with Crippen molar-refractivity contribution in [1.82, 2.24) is 9.82 Å². The molecule has 0 bridgehead atoms. The number of rotatable bonds is 4.